The Morgan fingerprint density at radius 1 is 1.38 bits per heavy atom. The summed E-state index contributed by atoms with van der Waals surface area (Å²) in [5, 5.41) is 8.45. The van der Waals surface area contributed by atoms with E-state index < -0.39 is 0 Å². The van der Waals surface area contributed by atoms with Crippen molar-refractivity contribution >= 4 is 11.5 Å². The summed E-state index contributed by atoms with van der Waals surface area (Å²) >= 11 is 0. The summed E-state index contributed by atoms with van der Waals surface area (Å²) in [4.78, 5) is 9.33. The van der Waals surface area contributed by atoms with Crippen LogP contribution < -0.4 is 4.90 Å². The highest BCUT2D eigenvalue weighted by Crippen LogP contribution is 2.15. The predicted molar refractivity (Wildman–Crippen MR) is 52.5 cm³/mol. The lowest BCUT2D eigenvalue weighted by Gasteiger charge is -2.18. The fourth-order valence-electron chi connectivity index (χ4n) is 1.17. The molecule has 13 heavy (non-hydrogen) atoms. The van der Waals surface area contributed by atoms with E-state index in [0.29, 0.717) is 5.69 Å². The molecule has 4 heteroatoms. The summed E-state index contributed by atoms with van der Waals surface area (Å²) in [6, 6.07) is 3.59. The van der Waals surface area contributed by atoms with E-state index in [1.54, 1.807) is 12.3 Å². The molecule has 0 radical (unpaired) electrons. The zero-order valence-electron chi connectivity index (χ0n) is 7.94. The highest BCUT2D eigenvalue weighted by Gasteiger charge is 2.07. The number of pyridine rings is 1. The second-order valence-electron chi connectivity index (χ2n) is 2.65. The van der Waals surface area contributed by atoms with Gasteiger partial charge in [-0.15, -0.1) is 0 Å². The summed E-state index contributed by atoms with van der Waals surface area (Å²) in [6.45, 7) is 6.02. The Labute approximate surface area is 77.8 Å². The van der Waals surface area contributed by atoms with Gasteiger partial charge in [0, 0.05) is 19.2 Å². The molecule has 0 saturated heterocycles. The first-order valence-electron chi connectivity index (χ1n) is 4.38. The number of nitrogens with zero attached hydrogens (tertiary/aromatic N) is 4. The molecule has 0 fully saturated rings. The lowest BCUT2D eigenvalue weighted by Crippen LogP contribution is -2.22. The molecule has 1 aromatic rings. The first kappa shape index (κ1) is 9.46. The number of rotatable bonds is 3. The predicted octanol–water partition coefficient (Wildman–Crippen LogP) is 2.41. The standard InChI is InChI=1S/C9H13N4/c1-3-13(4-2)9-6-5-8(12-10)7-11-9/h5-7H,3-4H2,1-2H3/q+1. The maximum Gasteiger partial charge on any atom is 0.403 e. The van der Waals surface area contributed by atoms with E-state index in [2.05, 4.69) is 28.7 Å². The SMILES string of the molecule is CCN(CC)c1ccc([N+]#N)cn1. The molecular formula is C9H13N4+. The van der Waals surface area contributed by atoms with Gasteiger partial charge in [-0.25, -0.2) is 4.98 Å². The summed E-state index contributed by atoms with van der Waals surface area (Å²) in [5.74, 6) is 0.914. The van der Waals surface area contributed by atoms with Crippen LogP contribution in [0.2, 0.25) is 0 Å². The average molecular weight is 177 g/mol. The minimum Gasteiger partial charge on any atom is -0.357 e. The highest BCUT2D eigenvalue weighted by atomic mass is 15.2. The van der Waals surface area contributed by atoms with Crippen molar-refractivity contribution in [1.29, 1.82) is 5.39 Å². The van der Waals surface area contributed by atoms with Gasteiger partial charge in [0.05, 0.1) is 0 Å². The Morgan fingerprint density at radius 3 is 2.46 bits per heavy atom. The average Bonchev–Trinajstić information content (AvgIpc) is 2.21. The van der Waals surface area contributed by atoms with Crippen molar-refractivity contribution in [2.75, 3.05) is 18.0 Å². The van der Waals surface area contributed by atoms with E-state index in [1.807, 2.05) is 6.07 Å². The molecular weight excluding hydrogens is 164 g/mol. The van der Waals surface area contributed by atoms with Gasteiger partial charge >= 0.3 is 5.69 Å². The van der Waals surface area contributed by atoms with Gasteiger partial charge in [-0.3, -0.25) is 0 Å². The third-order valence-electron chi connectivity index (χ3n) is 1.94. The zero-order chi connectivity index (χ0) is 9.68. The maximum absolute atomic E-state index is 8.45. The topological polar surface area (TPSA) is 44.3 Å². The van der Waals surface area contributed by atoms with Crippen LogP contribution in [0, 0.1) is 5.39 Å². The molecule has 1 rings (SSSR count). The number of hydrogen-bond acceptors (Lipinski definition) is 3. The first-order valence-corrected chi connectivity index (χ1v) is 4.38. The lowest BCUT2D eigenvalue weighted by molar-refractivity contribution is 0.846. The van der Waals surface area contributed by atoms with Crippen molar-refractivity contribution in [3.05, 3.63) is 23.3 Å². The molecule has 4 nitrogen and oxygen atoms in total. The molecule has 0 N–H and O–H groups in total. The number of anilines is 1. The van der Waals surface area contributed by atoms with E-state index in [9.17, 15) is 0 Å². The molecule has 0 amide bonds. The molecule has 0 atom stereocenters. The first-order chi connectivity index (χ1) is 6.31. The van der Waals surface area contributed by atoms with Crippen LogP contribution in [0.3, 0.4) is 0 Å². The third kappa shape index (κ3) is 2.15. The smallest absolute Gasteiger partial charge is 0.357 e. The highest BCUT2D eigenvalue weighted by molar-refractivity contribution is 5.48. The van der Waals surface area contributed by atoms with Crippen LogP contribution in [0.5, 0.6) is 0 Å². The van der Waals surface area contributed by atoms with E-state index >= 15 is 0 Å². The van der Waals surface area contributed by atoms with Crippen molar-refractivity contribution < 1.29 is 0 Å². The van der Waals surface area contributed by atoms with Crippen molar-refractivity contribution in [2.24, 2.45) is 0 Å². The molecule has 0 saturated carbocycles. The summed E-state index contributed by atoms with van der Waals surface area (Å²) < 4.78 is 0. The maximum atomic E-state index is 8.45. The summed E-state index contributed by atoms with van der Waals surface area (Å²) in [5.41, 5.74) is 0.482. The summed E-state index contributed by atoms with van der Waals surface area (Å²) in [6.07, 6.45) is 1.55. The molecule has 68 valence electrons. The van der Waals surface area contributed by atoms with Crippen LogP contribution in [0.25, 0.3) is 4.98 Å². The fraction of sp³-hybridized carbons (Fsp3) is 0.444. The van der Waals surface area contributed by atoms with E-state index in [0.717, 1.165) is 18.9 Å². The van der Waals surface area contributed by atoms with Crippen LogP contribution in [-0.4, -0.2) is 18.1 Å². The van der Waals surface area contributed by atoms with Crippen LogP contribution in [-0.2, 0) is 0 Å². The molecule has 0 bridgehead atoms. The van der Waals surface area contributed by atoms with Crippen LogP contribution in [0.15, 0.2) is 18.3 Å². The molecule has 0 aliphatic heterocycles. The van der Waals surface area contributed by atoms with Crippen LogP contribution in [0.4, 0.5) is 11.5 Å². The minimum absolute atomic E-state index is 0.482. The second kappa shape index (κ2) is 4.41. The molecule has 0 unspecified atom stereocenters. The van der Waals surface area contributed by atoms with Crippen LogP contribution >= 0.6 is 0 Å². The summed E-state index contributed by atoms with van der Waals surface area (Å²) in [7, 11) is 0. The van der Waals surface area contributed by atoms with Gasteiger partial charge in [0.25, 0.3) is 0 Å². The van der Waals surface area contributed by atoms with Gasteiger partial charge in [0.15, 0.2) is 4.98 Å². The fourth-order valence-corrected chi connectivity index (χ4v) is 1.17. The molecule has 1 aromatic heterocycles. The quantitative estimate of drug-likeness (QED) is 0.666. The van der Waals surface area contributed by atoms with E-state index in [4.69, 9.17) is 5.39 Å². The van der Waals surface area contributed by atoms with E-state index in [1.165, 1.54) is 0 Å². The Bertz CT molecular complexity index is 294. The van der Waals surface area contributed by atoms with Gasteiger partial charge in [0.2, 0.25) is 5.39 Å². The number of aromatic nitrogens is 1. The molecule has 0 aromatic carbocycles. The Hall–Kier alpha value is -1.63. The van der Waals surface area contributed by atoms with E-state index in [-0.39, 0.29) is 0 Å². The van der Waals surface area contributed by atoms with Gasteiger partial charge in [-0.1, -0.05) is 0 Å². The largest absolute Gasteiger partial charge is 0.403 e. The second-order valence-corrected chi connectivity index (χ2v) is 2.65. The third-order valence-corrected chi connectivity index (χ3v) is 1.94. The Balaban J connectivity index is 2.85. The number of hydrogen-bond donors (Lipinski definition) is 0. The number of diazo groups is 1. The van der Waals surface area contributed by atoms with Gasteiger partial charge in [0.1, 0.15) is 12.0 Å². The van der Waals surface area contributed by atoms with Gasteiger partial charge in [-0.05, 0) is 19.9 Å². The van der Waals surface area contributed by atoms with Crippen molar-refractivity contribution in [2.45, 2.75) is 13.8 Å². The molecule has 1 heterocycles. The molecule has 0 aliphatic carbocycles. The van der Waals surface area contributed by atoms with Crippen molar-refractivity contribution in [3.63, 3.8) is 0 Å². The molecule has 0 spiro atoms. The lowest BCUT2D eigenvalue weighted by atomic mass is 10.4. The Kier molecular flexibility index (Phi) is 3.21. The van der Waals surface area contributed by atoms with Gasteiger partial charge < -0.3 is 4.90 Å². The zero-order valence-corrected chi connectivity index (χ0v) is 7.94. The molecule has 0 aliphatic rings. The minimum atomic E-state index is 0.482. The Morgan fingerprint density at radius 2 is 2.08 bits per heavy atom. The van der Waals surface area contributed by atoms with Crippen LogP contribution in [0.1, 0.15) is 13.8 Å². The van der Waals surface area contributed by atoms with Crippen molar-refractivity contribution in [3.8, 4) is 0 Å². The van der Waals surface area contributed by atoms with Crippen molar-refractivity contribution in [1.82, 2.24) is 4.98 Å². The van der Waals surface area contributed by atoms with Gasteiger partial charge in [-0.2, -0.15) is 0 Å². The normalized spacial score (nSPS) is 9.31. The monoisotopic (exact) mass is 177 g/mol.